The number of anilines is 3. The molecule has 0 aliphatic rings. The summed E-state index contributed by atoms with van der Waals surface area (Å²) in [5, 5.41) is 6.80. The Morgan fingerprint density at radius 3 is 2.62 bits per heavy atom. The number of para-hydroxylation sites is 2. The highest BCUT2D eigenvalue weighted by molar-refractivity contribution is 7.14. The van der Waals surface area contributed by atoms with Gasteiger partial charge in [-0.15, -0.1) is 11.3 Å². The zero-order valence-electron chi connectivity index (χ0n) is 18.0. The average molecular weight is 472 g/mol. The molecule has 2 heterocycles. The molecule has 5 rings (SSSR count). The maximum Gasteiger partial charge on any atom is 0.248 e. The van der Waals surface area contributed by atoms with Crippen LogP contribution in [0.25, 0.3) is 28.0 Å². The fourth-order valence-electron chi connectivity index (χ4n) is 3.64. The van der Waals surface area contributed by atoms with E-state index in [0.717, 1.165) is 16.4 Å². The standard InChI is InChI=1S/C26H18FN3O3S/c1-16(31)30(22-8-4-3-7-21(22)27)26-29-18(15-34-26)11-13-25(32)28-17-10-12-20-19-6-2-5-9-23(19)33-24(20)14-17/h2-15H,1H3,(H,28,32)/b13-11+. The SMILES string of the molecule is CC(=O)N(c1nc(/C=C/C(=O)Nc2ccc3c(c2)oc2ccccc23)cs1)c1ccccc1F. The first kappa shape index (κ1) is 21.5. The van der Waals surface area contributed by atoms with Gasteiger partial charge < -0.3 is 9.73 Å². The van der Waals surface area contributed by atoms with E-state index in [1.807, 2.05) is 36.4 Å². The van der Waals surface area contributed by atoms with Crippen LogP contribution >= 0.6 is 11.3 Å². The molecule has 0 saturated carbocycles. The molecule has 5 aromatic rings. The molecule has 2 amide bonds. The summed E-state index contributed by atoms with van der Waals surface area (Å²) in [6.45, 7) is 1.34. The molecule has 0 fully saturated rings. The molecule has 168 valence electrons. The lowest BCUT2D eigenvalue weighted by Gasteiger charge is -2.18. The molecular weight excluding hydrogens is 453 g/mol. The van der Waals surface area contributed by atoms with Gasteiger partial charge in [-0.3, -0.25) is 14.5 Å². The average Bonchev–Trinajstić information content (AvgIpc) is 3.43. The topological polar surface area (TPSA) is 75.4 Å². The lowest BCUT2D eigenvalue weighted by atomic mass is 10.1. The van der Waals surface area contributed by atoms with E-state index in [4.69, 9.17) is 4.42 Å². The number of aromatic nitrogens is 1. The van der Waals surface area contributed by atoms with Crippen molar-refractivity contribution < 1.29 is 18.4 Å². The highest BCUT2D eigenvalue weighted by Gasteiger charge is 2.20. The third kappa shape index (κ3) is 4.18. The van der Waals surface area contributed by atoms with E-state index in [-0.39, 0.29) is 17.5 Å². The number of thiazole rings is 1. The predicted octanol–water partition coefficient (Wildman–Crippen LogP) is 6.52. The second kappa shape index (κ2) is 8.92. The van der Waals surface area contributed by atoms with E-state index in [1.165, 1.54) is 47.4 Å². The minimum absolute atomic E-state index is 0.124. The van der Waals surface area contributed by atoms with Gasteiger partial charge in [0.2, 0.25) is 11.8 Å². The van der Waals surface area contributed by atoms with Gasteiger partial charge in [-0.2, -0.15) is 0 Å². The molecule has 0 atom stereocenters. The van der Waals surface area contributed by atoms with Crippen LogP contribution in [0.1, 0.15) is 12.6 Å². The van der Waals surface area contributed by atoms with Crippen LogP contribution in [-0.4, -0.2) is 16.8 Å². The lowest BCUT2D eigenvalue weighted by molar-refractivity contribution is -0.116. The van der Waals surface area contributed by atoms with E-state index in [9.17, 15) is 14.0 Å². The third-order valence-corrected chi connectivity index (χ3v) is 6.01. The molecular formula is C26H18FN3O3S. The molecule has 0 aliphatic heterocycles. The Labute approximate surface area is 197 Å². The predicted molar refractivity (Wildman–Crippen MR) is 133 cm³/mol. The van der Waals surface area contributed by atoms with E-state index < -0.39 is 5.82 Å². The maximum atomic E-state index is 14.2. The van der Waals surface area contributed by atoms with Crippen LogP contribution in [-0.2, 0) is 9.59 Å². The lowest BCUT2D eigenvalue weighted by Crippen LogP contribution is -2.23. The molecule has 1 N–H and O–H groups in total. The summed E-state index contributed by atoms with van der Waals surface area (Å²) in [6, 6.07) is 19.3. The molecule has 0 bridgehead atoms. The van der Waals surface area contributed by atoms with Crippen molar-refractivity contribution in [3.63, 3.8) is 0 Å². The summed E-state index contributed by atoms with van der Waals surface area (Å²) in [4.78, 5) is 30.2. The third-order valence-electron chi connectivity index (χ3n) is 5.16. The number of furan rings is 1. The van der Waals surface area contributed by atoms with Crippen molar-refractivity contribution >= 4 is 67.7 Å². The summed E-state index contributed by atoms with van der Waals surface area (Å²) in [5.74, 6) is -1.23. The van der Waals surface area contributed by atoms with Crippen LogP contribution in [0, 0.1) is 5.82 Å². The number of nitrogens with one attached hydrogen (secondary N) is 1. The number of halogens is 1. The molecule has 0 saturated heterocycles. The zero-order chi connectivity index (χ0) is 23.7. The number of hydrogen-bond acceptors (Lipinski definition) is 5. The van der Waals surface area contributed by atoms with Crippen molar-refractivity contribution in [3.05, 3.63) is 89.7 Å². The van der Waals surface area contributed by atoms with Gasteiger partial charge in [0.1, 0.15) is 17.0 Å². The number of carbonyl (C=O) groups is 2. The van der Waals surface area contributed by atoms with E-state index >= 15 is 0 Å². The van der Waals surface area contributed by atoms with Crippen molar-refractivity contribution in [1.82, 2.24) is 4.98 Å². The van der Waals surface area contributed by atoms with Crippen LogP contribution in [0.5, 0.6) is 0 Å². The zero-order valence-corrected chi connectivity index (χ0v) is 18.8. The van der Waals surface area contributed by atoms with Crippen molar-refractivity contribution in [1.29, 1.82) is 0 Å². The monoisotopic (exact) mass is 471 g/mol. The summed E-state index contributed by atoms with van der Waals surface area (Å²) in [6.07, 6.45) is 2.89. The minimum atomic E-state index is -0.522. The van der Waals surface area contributed by atoms with Crippen LogP contribution in [0.3, 0.4) is 0 Å². The summed E-state index contributed by atoms with van der Waals surface area (Å²) < 4.78 is 20.1. The van der Waals surface area contributed by atoms with Gasteiger partial charge in [-0.25, -0.2) is 9.37 Å². The van der Waals surface area contributed by atoms with Gasteiger partial charge in [0.15, 0.2) is 5.13 Å². The largest absolute Gasteiger partial charge is 0.456 e. The Morgan fingerprint density at radius 1 is 1.03 bits per heavy atom. The number of hydrogen-bond donors (Lipinski definition) is 1. The molecule has 34 heavy (non-hydrogen) atoms. The van der Waals surface area contributed by atoms with Crippen LogP contribution in [0.4, 0.5) is 20.9 Å². The Balaban J connectivity index is 1.32. The number of benzene rings is 3. The highest BCUT2D eigenvalue weighted by atomic mass is 32.1. The number of fused-ring (bicyclic) bond motifs is 3. The Bertz CT molecular complexity index is 1570. The summed E-state index contributed by atoms with van der Waals surface area (Å²) >= 11 is 1.18. The van der Waals surface area contributed by atoms with Crippen LogP contribution < -0.4 is 10.2 Å². The minimum Gasteiger partial charge on any atom is -0.456 e. The van der Waals surface area contributed by atoms with Crippen molar-refractivity contribution in [2.24, 2.45) is 0 Å². The van der Waals surface area contributed by atoms with Gasteiger partial charge in [-0.05, 0) is 36.4 Å². The normalized spacial score (nSPS) is 11.4. The number of rotatable bonds is 5. The van der Waals surface area contributed by atoms with E-state index in [0.29, 0.717) is 22.1 Å². The van der Waals surface area contributed by atoms with Gasteiger partial charge in [0, 0.05) is 40.9 Å². The van der Waals surface area contributed by atoms with Crippen molar-refractivity contribution in [2.75, 3.05) is 10.2 Å². The molecule has 8 heteroatoms. The summed E-state index contributed by atoms with van der Waals surface area (Å²) in [5.41, 5.74) is 2.67. The molecule has 0 unspecified atom stereocenters. The fraction of sp³-hybridized carbons (Fsp3) is 0.0385. The highest BCUT2D eigenvalue weighted by Crippen LogP contribution is 2.32. The number of amides is 2. The quantitative estimate of drug-likeness (QED) is 0.296. The number of carbonyl (C=O) groups excluding carboxylic acids is 2. The first-order chi connectivity index (χ1) is 16.5. The molecule has 6 nitrogen and oxygen atoms in total. The second-order valence-corrected chi connectivity index (χ2v) is 8.33. The second-order valence-electron chi connectivity index (χ2n) is 7.49. The number of nitrogens with zero attached hydrogens (tertiary/aromatic N) is 2. The van der Waals surface area contributed by atoms with Gasteiger partial charge >= 0.3 is 0 Å². The van der Waals surface area contributed by atoms with E-state index in [2.05, 4.69) is 10.3 Å². The first-order valence-corrected chi connectivity index (χ1v) is 11.3. The van der Waals surface area contributed by atoms with Crippen molar-refractivity contribution in [2.45, 2.75) is 6.92 Å². The molecule has 2 aromatic heterocycles. The summed E-state index contributed by atoms with van der Waals surface area (Å²) in [7, 11) is 0. The smallest absolute Gasteiger partial charge is 0.248 e. The maximum absolute atomic E-state index is 14.2. The Kier molecular flexibility index (Phi) is 5.65. The fourth-order valence-corrected chi connectivity index (χ4v) is 4.49. The van der Waals surface area contributed by atoms with Crippen LogP contribution in [0.15, 0.2) is 82.6 Å². The Morgan fingerprint density at radius 2 is 1.79 bits per heavy atom. The van der Waals surface area contributed by atoms with Crippen molar-refractivity contribution in [3.8, 4) is 0 Å². The van der Waals surface area contributed by atoms with E-state index in [1.54, 1.807) is 23.6 Å². The van der Waals surface area contributed by atoms with Gasteiger partial charge in [-0.1, -0.05) is 30.3 Å². The van der Waals surface area contributed by atoms with Gasteiger partial charge in [0.25, 0.3) is 0 Å². The molecule has 3 aromatic carbocycles. The van der Waals surface area contributed by atoms with Crippen LogP contribution in [0.2, 0.25) is 0 Å². The Hall–Kier alpha value is -4.30. The molecule has 0 radical (unpaired) electrons. The van der Waals surface area contributed by atoms with Gasteiger partial charge in [0.05, 0.1) is 11.4 Å². The molecule has 0 spiro atoms. The first-order valence-electron chi connectivity index (χ1n) is 10.4. The molecule has 0 aliphatic carbocycles.